The molecule has 0 aliphatic carbocycles. The summed E-state index contributed by atoms with van der Waals surface area (Å²) in [7, 11) is 0. The van der Waals surface area contributed by atoms with Crippen LogP contribution in [0.15, 0.2) is 59.5 Å². The maximum Gasteiger partial charge on any atom is 0.416 e. The van der Waals surface area contributed by atoms with Gasteiger partial charge in [0.05, 0.1) is 34.3 Å². The first-order chi connectivity index (χ1) is 17.5. The van der Waals surface area contributed by atoms with E-state index in [1.165, 1.54) is 24.3 Å². The standard InChI is InChI=1S/C25H19F6N5O/c26-24(27,28)17-5-1-14(2-6-17)21-16(11-32-35-21)12-36-10-9-20-19(13-36)23(37)34-22(33-20)15-3-7-18(8-4-15)25(29,30)31/h1-8,11H,9-10,12-13H2,(H,32,35)(H,33,34,37). The molecule has 5 rings (SSSR count). The lowest BCUT2D eigenvalue weighted by Gasteiger charge is -2.27. The Morgan fingerprint density at radius 2 is 1.46 bits per heavy atom. The lowest BCUT2D eigenvalue weighted by Crippen LogP contribution is -2.35. The number of aromatic nitrogens is 4. The van der Waals surface area contributed by atoms with E-state index in [9.17, 15) is 31.1 Å². The molecule has 37 heavy (non-hydrogen) atoms. The number of hydrogen-bond acceptors (Lipinski definition) is 4. The molecule has 0 saturated heterocycles. The number of benzene rings is 2. The number of nitrogens with one attached hydrogen (secondary N) is 2. The minimum absolute atomic E-state index is 0.199. The fourth-order valence-electron chi connectivity index (χ4n) is 4.32. The lowest BCUT2D eigenvalue weighted by atomic mass is 10.0. The Kier molecular flexibility index (Phi) is 6.14. The van der Waals surface area contributed by atoms with Gasteiger partial charge in [-0.1, -0.05) is 24.3 Å². The summed E-state index contributed by atoms with van der Waals surface area (Å²) < 4.78 is 77.2. The van der Waals surface area contributed by atoms with Crippen LogP contribution in [0.3, 0.4) is 0 Å². The van der Waals surface area contributed by atoms with Crippen molar-refractivity contribution in [3.05, 3.63) is 93.0 Å². The second-order valence-corrected chi connectivity index (χ2v) is 8.72. The zero-order chi connectivity index (χ0) is 26.4. The summed E-state index contributed by atoms with van der Waals surface area (Å²) in [6.45, 7) is 1.22. The van der Waals surface area contributed by atoms with Gasteiger partial charge < -0.3 is 4.98 Å². The first kappa shape index (κ1) is 24.8. The van der Waals surface area contributed by atoms with Crippen molar-refractivity contribution in [1.82, 2.24) is 25.1 Å². The second-order valence-electron chi connectivity index (χ2n) is 8.72. The zero-order valence-corrected chi connectivity index (χ0v) is 19.0. The lowest BCUT2D eigenvalue weighted by molar-refractivity contribution is -0.138. The Bertz CT molecular complexity index is 1470. The average Bonchev–Trinajstić information content (AvgIpc) is 3.31. The van der Waals surface area contributed by atoms with E-state index in [1.807, 2.05) is 4.90 Å². The molecule has 0 saturated carbocycles. The van der Waals surface area contributed by atoms with Crippen LogP contribution in [0, 0.1) is 0 Å². The zero-order valence-electron chi connectivity index (χ0n) is 19.0. The average molecular weight is 519 g/mol. The van der Waals surface area contributed by atoms with Gasteiger partial charge in [0.1, 0.15) is 5.82 Å². The molecule has 2 aromatic carbocycles. The summed E-state index contributed by atoms with van der Waals surface area (Å²) in [5.41, 5.74) is 1.40. The topological polar surface area (TPSA) is 77.7 Å². The summed E-state index contributed by atoms with van der Waals surface area (Å²) in [6, 6.07) is 9.19. The number of alkyl halides is 6. The molecule has 0 amide bonds. The summed E-state index contributed by atoms with van der Waals surface area (Å²) in [6.07, 6.45) is -6.84. The van der Waals surface area contributed by atoms with Crippen LogP contribution in [-0.2, 0) is 31.9 Å². The molecule has 0 atom stereocenters. The molecule has 1 aliphatic rings. The molecule has 0 unspecified atom stereocenters. The van der Waals surface area contributed by atoms with Crippen LogP contribution in [-0.4, -0.2) is 31.6 Å². The summed E-state index contributed by atoms with van der Waals surface area (Å²) in [4.78, 5) is 22.0. The third kappa shape index (κ3) is 5.15. The van der Waals surface area contributed by atoms with Crippen molar-refractivity contribution < 1.29 is 26.3 Å². The maximum absolute atomic E-state index is 12.9. The fourth-order valence-corrected chi connectivity index (χ4v) is 4.32. The van der Waals surface area contributed by atoms with Gasteiger partial charge in [0, 0.05) is 37.2 Å². The Morgan fingerprint density at radius 1 is 0.865 bits per heavy atom. The van der Waals surface area contributed by atoms with Crippen LogP contribution < -0.4 is 5.56 Å². The van der Waals surface area contributed by atoms with E-state index in [4.69, 9.17) is 0 Å². The first-order valence-electron chi connectivity index (χ1n) is 11.2. The SMILES string of the molecule is O=c1[nH]c(-c2ccc(C(F)(F)F)cc2)nc2c1CN(Cc1cn[nH]c1-c1ccc(C(F)(F)F)cc1)CC2. The molecular formula is C25H19F6N5O. The van der Waals surface area contributed by atoms with E-state index < -0.39 is 23.5 Å². The van der Waals surface area contributed by atoms with Gasteiger partial charge in [0.2, 0.25) is 0 Å². The molecule has 0 fully saturated rings. The Morgan fingerprint density at radius 3 is 2.05 bits per heavy atom. The molecule has 0 spiro atoms. The predicted molar refractivity (Wildman–Crippen MR) is 122 cm³/mol. The maximum atomic E-state index is 12.9. The number of halogens is 6. The number of hydrogen-bond donors (Lipinski definition) is 2. The van der Waals surface area contributed by atoms with E-state index >= 15 is 0 Å². The van der Waals surface area contributed by atoms with Gasteiger partial charge >= 0.3 is 12.4 Å². The second kappa shape index (κ2) is 9.18. The van der Waals surface area contributed by atoms with Gasteiger partial charge in [-0.05, 0) is 29.8 Å². The van der Waals surface area contributed by atoms with Gasteiger partial charge in [0.15, 0.2) is 0 Å². The number of fused-ring (bicyclic) bond motifs is 1. The van der Waals surface area contributed by atoms with Crippen LogP contribution in [0.5, 0.6) is 0 Å². The predicted octanol–water partition coefficient (Wildman–Crippen LogP) is 5.42. The minimum atomic E-state index is -4.46. The molecule has 2 aromatic heterocycles. The molecule has 6 nitrogen and oxygen atoms in total. The Labute approximate surface area is 206 Å². The molecular weight excluding hydrogens is 500 g/mol. The number of nitrogens with zero attached hydrogens (tertiary/aromatic N) is 3. The molecule has 1 aliphatic heterocycles. The normalized spacial score (nSPS) is 14.5. The van der Waals surface area contributed by atoms with Crippen molar-refractivity contribution in [3.8, 4) is 22.6 Å². The Balaban J connectivity index is 1.33. The van der Waals surface area contributed by atoms with Gasteiger partial charge in [-0.3, -0.25) is 14.8 Å². The van der Waals surface area contributed by atoms with Crippen molar-refractivity contribution in [2.24, 2.45) is 0 Å². The molecule has 2 N–H and O–H groups in total. The molecule has 0 radical (unpaired) electrons. The van der Waals surface area contributed by atoms with Gasteiger partial charge in [-0.2, -0.15) is 31.4 Å². The summed E-state index contributed by atoms with van der Waals surface area (Å²) in [5.74, 6) is 0.199. The van der Waals surface area contributed by atoms with E-state index in [0.717, 1.165) is 29.8 Å². The highest BCUT2D eigenvalue weighted by Gasteiger charge is 2.31. The largest absolute Gasteiger partial charge is 0.416 e. The fraction of sp³-hybridized carbons (Fsp3) is 0.240. The van der Waals surface area contributed by atoms with Crippen molar-refractivity contribution in [2.75, 3.05) is 6.54 Å². The van der Waals surface area contributed by atoms with Gasteiger partial charge in [-0.15, -0.1) is 0 Å². The van der Waals surface area contributed by atoms with Crippen LogP contribution in [0.2, 0.25) is 0 Å². The first-order valence-corrected chi connectivity index (χ1v) is 11.2. The van der Waals surface area contributed by atoms with E-state index in [1.54, 1.807) is 6.20 Å². The number of rotatable bonds is 4. The third-order valence-corrected chi connectivity index (χ3v) is 6.25. The number of H-pyrrole nitrogens is 2. The quantitative estimate of drug-likeness (QED) is 0.353. The van der Waals surface area contributed by atoms with Crippen LogP contribution in [0.25, 0.3) is 22.6 Å². The Hall–Kier alpha value is -3.93. The molecule has 192 valence electrons. The molecule has 4 aromatic rings. The van der Waals surface area contributed by atoms with Crippen LogP contribution >= 0.6 is 0 Å². The third-order valence-electron chi connectivity index (χ3n) is 6.25. The minimum Gasteiger partial charge on any atom is -0.306 e. The van der Waals surface area contributed by atoms with Crippen molar-refractivity contribution >= 4 is 0 Å². The van der Waals surface area contributed by atoms with Crippen molar-refractivity contribution in [3.63, 3.8) is 0 Å². The summed E-state index contributed by atoms with van der Waals surface area (Å²) >= 11 is 0. The van der Waals surface area contributed by atoms with E-state index in [-0.39, 0.29) is 17.9 Å². The summed E-state index contributed by atoms with van der Waals surface area (Å²) in [5, 5.41) is 6.87. The smallest absolute Gasteiger partial charge is 0.306 e. The highest BCUT2D eigenvalue weighted by molar-refractivity contribution is 5.63. The molecule has 0 bridgehead atoms. The van der Waals surface area contributed by atoms with Crippen molar-refractivity contribution in [1.29, 1.82) is 0 Å². The van der Waals surface area contributed by atoms with Crippen LogP contribution in [0.1, 0.15) is 27.9 Å². The number of aromatic amines is 2. The molecule has 3 heterocycles. The van der Waals surface area contributed by atoms with E-state index in [0.29, 0.717) is 47.6 Å². The van der Waals surface area contributed by atoms with Gasteiger partial charge in [0.25, 0.3) is 5.56 Å². The monoisotopic (exact) mass is 519 g/mol. The highest BCUT2D eigenvalue weighted by atomic mass is 19.4. The van der Waals surface area contributed by atoms with E-state index in [2.05, 4.69) is 20.2 Å². The molecule has 12 heteroatoms. The van der Waals surface area contributed by atoms with Crippen molar-refractivity contribution in [2.45, 2.75) is 31.9 Å². The van der Waals surface area contributed by atoms with Crippen LogP contribution in [0.4, 0.5) is 26.3 Å². The highest BCUT2D eigenvalue weighted by Crippen LogP contribution is 2.32. The van der Waals surface area contributed by atoms with Gasteiger partial charge in [-0.25, -0.2) is 4.98 Å².